The maximum Gasteiger partial charge on any atom is 0.321 e. The third kappa shape index (κ3) is 6.47. The Morgan fingerprint density at radius 3 is 2.42 bits per heavy atom. The van der Waals surface area contributed by atoms with Crippen LogP contribution in [0.2, 0.25) is 0 Å². The molecule has 0 bridgehead atoms. The Morgan fingerprint density at radius 2 is 1.67 bits per heavy atom. The van der Waals surface area contributed by atoms with E-state index in [1.165, 1.54) is 0 Å². The van der Waals surface area contributed by atoms with Crippen molar-refractivity contribution in [1.82, 2.24) is 30.6 Å². The smallest absolute Gasteiger partial charge is 0.321 e. The number of benzene rings is 2. The summed E-state index contributed by atoms with van der Waals surface area (Å²) < 4.78 is 5.44. The average Bonchev–Trinajstić information content (AvgIpc) is 3.28. The fourth-order valence-electron chi connectivity index (χ4n) is 3.74. The van der Waals surface area contributed by atoms with Gasteiger partial charge in [-0.25, -0.2) is 4.79 Å². The molecule has 2 aromatic carbocycles. The fourth-order valence-corrected chi connectivity index (χ4v) is 3.74. The Balaban J connectivity index is 1.17. The minimum absolute atomic E-state index is 0.185. The molecule has 1 fully saturated rings. The van der Waals surface area contributed by atoms with Gasteiger partial charge in [-0.05, 0) is 18.1 Å². The van der Waals surface area contributed by atoms with Gasteiger partial charge in [0.05, 0.1) is 13.1 Å². The van der Waals surface area contributed by atoms with Crippen molar-refractivity contribution < 1.29 is 14.1 Å². The summed E-state index contributed by atoms with van der Waals surface area (Å²) in [5, 5.41) is 9.21. The number of nitrogens with one attached hydrogen (secondary N) is 2. The number of hydrogen-bond acceptors (Lipinski definition) is 7. The van der Waals surface area contributed by atoms with Crippen molar-refractivity contribution in [2.75, 3.05) is 32.7 Å². The second-order valence-electron chi connectivity index (χ2n) is 8.10. The van der Waals surface area contributed by atoms with Gasteiger partial charge in [-0.3, -0.25) is 19.9 Å². The summed E-state index contributed by atoms with van der Waals surface area (Å²) >= 11 is 0. The Labute approximate surface area is 192 Å². The number of piperazine rings is 1. The number of aryl methyl sites for hydroxylation is 1. The van der Waals surface area contributed by atoms with Crippen LogP contribution in [0.25, 0.3) is 11.4 Å². The summed E-state index contributed by atoms with van der Waals surface area (Å²) in [6, 6.07) is 17.0. The van der Waals surface area contributed by atoms with E-state index in [1.807, 2.05) is 66.4 Å². The molecular formula is C24H28N6O3. The molecule has 1 aliphatic rings. The predicted octanol–water partition coefficient (Wildman–Crippen LogP) is 2.19. The van der Waals surface area contributed by atoms with E-state index in [0.29, 0.717) is 24.8 Å². The van der Waals surface area contributed by atoms with Gasteiger partial charge in [-0.1, -0.05) is 59.8 Å². The van der Waals surface area contributed by atoms with Crippen LogP contribution in [0.4, 0.5) is 4.79 Å². The number of nitrogens with zero attached hydrogens (tertiary/aromatic N) is 4. The number of imide groups is 1. The van der Waals surface area contributed by atoms with Crippen molar-refractivity contribution in [2.45, 2.75) is 20.0 Å². The topological polar surface area (TPSA) is 104 Å². The van der Waals surface area contributed by atoms with Crippen LogP contribution in [0.15, 0.2) is 59.1 Å². The van der Waals surface area contributed by atoms with Crippen LogP contribution in [0.3, 0.4) is 0 Å². The van der Waals surface area contributed by atoms with E-state index >= 15 is 0 Å². The van der Waals surface area contributed by atoms with E-state index in [2.05, 4.69) is 25.7 Å². The molecule has 1 aromatic heterocycles. The fraction of sp³-hybridized carbons (Fsp3) is 0.333. The molecule has 0 spiro atoms. The molecule has 1 aliphatic heterocycles. The first kappa shape index (κ1) is 22.6. The van der Waals surface area contributed by atoms with Crippen LogP contribution in [0.5, 0.6) is 0 Å². The Bertz CT molecular complexity index is 1080. The molecule has 0 radical (unpaired) electrons. The number of rotatable bonds is 7. The van der Waals surface area contributed by atoms with Crippen molar-refractivity contribution in [2.24, 2.45) is 0 Å². The minimum Gasteiger partial charge on any atom is -0.338 e. The molecule has 33 heavy (non-hydrogen) atoms. The van der Waals surface area contributed by atoms with Gasteiger partial charge >= 0.3 is 6.03 Å². The van der Waals surface area contributed by atoms with Crippen molar-refractivity contribution in [3.8, 4) is 11.4 Å². The van der Waals surface area contributed by atoms with E-state index in [0.717, 1.165) is 42.9 Å². The lowest BCUT2D eigenvalue weighted by Crippen LogP contribution is -2.50. The number of urea groups is 1. The van der Waals surface area contributed by atoms with Gasteiger partial charge in [-0.15, -0.1) is 0 Å². The van der Waals surface area contributed by atoms with Gasteiger partial charge in [0.25, 0.3) is 0 Å². The molecule has 2 N–H and O–H groups in total. The van der Waals surface area contributed by atoms with Gasteiger partial charge in [0, 0.05) is 38.3 Å². The maximum atomic E-state index is 12.2. The lowest BCUT2D eigenvalue weighted by molar-refractivity contribution is -0.121. The minimum atomic E-state index is -0.483. The van der Waals surface area contributed by atoms with Crippen LogP contribution >= 0.6 is 0 Å². The van der Waals surface area contributed by atoms with Crippen molar-refractivity contribution in [3.05, 3.63) is 71.6 Å². The normalized spacial score (nSPS) is 14.7. The number of carbonyl (C=O) groups excluding carboxylic acids is 2. The highest BCUT2D eigenvalue weighted by molar-refractivity contribution is 5.95. The molecular weight excluding hydrogens is 420 g/mol. The zero-order valence-electron chi connectivity index (χ0n) is 18.7. The molecule has 4 rings (SSSR count). The second-order valence-corrected chi connectivity index (χ2v) is 8.10. The molecule has 0 atom stereocenters. The van der Waals surface area contributed by atoms with Crippen LogP contribution in [0, 0.1) is 6.92 Å². The molecule has 1 saturated heterocycles. The highest BCUT2D eigenvalue weighted by atomic mass is 16.5. The third-order valence-electron chi connectivity index (χ3n) is 5.59. The summed E-state index contributed by atoms with van der Waals surface area (Å²) in [7, 11) is 0. The summed E-state index contributed by atoms with van der Waals surface area (Å²) in [5.74, 6) is 0.868. The van der Waals surface area contributed by atoms with Crippen molar-refractivity contribution in [1.29, 1.82) is 0 Å². The van der Waals surface area contributed by atoms with Crippen molar-refractivity contribution in [3.63, 3.8) is 0 Å². The first-order valence-electron chi connectivity index (χ1n) is 11.0. The van der Waals surface area contributed by atoms with E-state index in [1.54, 1.807) is 0 Å². The monoisotopic (exact) mass is 448 g/mol. The summed E-state index contributed by atoms with van der Waals surface area (Å²) in [4.78, 5) is 32.9. The van der Waals surface area contributed by atoms with E-state index < -0.39 is 6.03 Å². The largest absolute Gasteiger partial charge is 0.338 e. The van der Waals surface area contributed by atoms with Gasteiger partial charge in [0.1, 0.15) is 0 Å². The Kier molecular flexibility index (Phi) is 7.43. The lowest BCUT2D eigenvalue weighted by atomic mass is 10.1. The molecule has 3 aromatic rings. The highest BCUT2D eigenvalue weighted by Crippen LogP contribution is 2.20. The molecule has 3 amide bonds. The quantitative estimate of drug-likeness (QED) is 0.571. The predicted molar refractivity (Wildman–Crippen MR) is 123 cm³/mol. The average molecular weight is 449 g/mol. The molecule has 9 nitrogen and oxygen atoms in total. The van der Waals surface area contributed by atoms with Gasteiger partial charge in [0.15, 0.2) is 0 Å². The van der Waals surface area contributed by atoms with E-state index in [-0.39, 0.29) is 12.5 Å². The van der Waals surface area contributed by atoms with Gasteiger partial charge in [-0.2, -0.15) is 4.98 Å². The molecule has 2 heterocycles. The number of amides is 3. The van der Waals surface area contributed by atoms with Crippen molar-refractivity contribution >= 4 is 11.9 Å². The van der Waals surface area contributed by atoms with E-state index in [4.69, 9.17) is 4.52 Å². The maximum absolute atomic E-state index is 12.2. The third-order valence-corrected chi connectivity index (χ3v) is 5.59. The van der Waals surface area contributed by atoms with Crippen LogP contribution in [0.1, 0.15) is 17.0 Å². The Morgan fingerprint density at radius 1 is 0.970 bits per heavy atom. The lowest BCUT2D eigenvalue weighted by Gasteiger charge is -2.33. The molecule has 0 unspecified atom stereocenters. The number of aromatic nitrogens is 2. The summed E-state index contributed by atoms with van der Waals surface area (Å²) in [5.41, 5.74) is 3.05. The molecule has 0 saturated carbocycles. The Hall–Kier alpha value is -3.56. The molecule has 9 heteroatoms. The number of hydrogen-bond donors (Lipinski definition) is 2. The SMILES string of the molecule is Cc1ccccc1-c1noc(CN2CCN(CC(=O)NC(=O)NCc3ccccc3)CC2)n1. The van der Waals surface area contributed by atoms with Gasteiger partial charge < -0.3 is 9.84 Å². The summed E-state index contributed by atoms with van der Waals surface area (Å²) in [6.07, 6.45) is 0. The first-order valence-corrected chi connectivity index (χ1v) is 11.0. The van der Waals surface area contributed by atoms with Gasteiger partial charge in [0.2, 0.25) is 17.6 Å². The zero-order valence-corrected chi connectivity index (χ0v) is 18.7. The first-order chi connectivity index (χ1) is 16.1. The second kappa shape index (κ2) is 10.8. The standard InChI is InChI=1S/C24H28N6O3/c1-18-7-5-6-10-20(18)23-27-22(33-28-23)17-30-13-11-29(12-14-30)16-21(31)26-24(32)25-15-19-8-3-2-4-9-19/h2-10H,11-17H2,1H3,(H2,25,26,31,32). The van der Waals surface area contributed by atoms with Crippen LogP contribution in [-0.4, -0.2) is 64.6 Å². The highest BCUT2D eigenvalue weighted by Gasteiger charge is 2.22. The van der Waals surface area contributed by atoms with Crippen LogP contribution < -0.4 is 10.6 Å². The van der Waals surface area contributed by atoms with Crippen LogP contribution in [-0.2, 0) is 17.9 Å². The number of carbonyl (C=O) groups is 2. The van der Waals surface area contributed by atoms with E-state index in [9.17, 15) is 9.59 Å². The zero-order chi connectivity index (χ0) is 23.0. The molecule has 0 aliphatic carbocycles. The molecule has 172 valence electrons. The summed E-state index contributed by atoms with van der Waals surface area (Å²) in [6.45, 7) is 6.14.